The van der Waals surface area contributed by atoms with Gasteiger partial charge in [0.25, 0.3) is 0 Å². The van der Waals surface area contributed by atoms with Gasteiger partial charge < -0.3 is 4.90 Å². The molecule has 0 aliphatic heterocycles. The van der Waals surface area contributed by atoms with Gasteiger partial charge in [0.15, 0.2) is 0 Å². The molecule has 0 N–H and O–H groups in total. The molecule has 200 valence electrons. The summed E-state index contributed by atoms with van der Waals surface area (Å²) in [5.74, 6) is 0. The Kier molecular flexibility index (Phi) is 5.55. The highest BCUT2D eigenvalue weighted by atomic mass is 15.1. The number of rotatable bonds is 4. The number of fused-ring (bicyclic) bond motifs is 6. The predicted molar refractivity (Wildman–Crippen MR) is 179 cm³/mol. The van der Waals surface area contributed by atoms with Crippen LogP contribution in [0.15, 0.2) is 152 Å². The largest absolute Gasteiger partial charge is 0.310 e. The standard InChI is InChI=1S/C41H31N/c1-41(2)37-20-12-11-19-34(37)35-24-22-31(27-38(35)41)42(30-16-7-4-8-17-30)39-26-25-33-32-18-10-9-13-28(32)21-23-36(33)40(39)29-14-5-3-6-15-29/h3-27H,1-2H3. The van der Waals surface area contributed by atoms with E-state index in [9.17, 15) is 0 Å². The third kappa shape index (κ3) is 3.71. The van der Waals surface area contributed by atoms with Crippen molar-refractivity contribution in [2.24, 2.45) is 0 Å². The second-order valence-electron chi connectivity index (χ2n) is 11.8. The van der Waals surface area contributed by atoms with Gasteiger partial charge in [0.2, 0.25) is 0 Å². The fraction of sp³-hybridized carbons (Fsp3) is 0.0732. The first-order valence-electron chi connectivity index (χ1n) is 14.7. The zero-order valence-corrected chi connectivity index (χ0v) is 23.9. The van der Waals surface area contributed by atoms with E-state index >= 15 is 0 Å². The van der Waals surface area contributed by atoms with Crippen LogP contribution < -0.4 is 4.90 Å². The second-order valence-corrected chi connectivity index (χ2v) is 11.8. The molecule has 0 atom stereocenters. The molecule has 0 saturated carbocycles. The maximum atomic E-state index is 2.44. The van der Waals surface area contributed by atoms with Gasteiger partial charge in [0, 0.05) is 22.4 Å². The molecule has 0 aromatic heterocycles. The maximum Gasteiger partial charge on any atom is 0.0546 e. The summed E-state index contributed by atoms with van der Waals surface area (Å²) in [5.41, 5.74) is 11.3. The lowest BCUT2D eigenvalue weighted by Crippen LogP contribution is -2.17. The smallest absolute Gasteiger partial charge is 0.0546 e. The Morgan fingerprint density at radius 1 is 0.452 bits per heavy atom. The highest BCUT2D eigenvalue weighted by Crippen LogP contribution is 2.51. The van der Waals surface area contributed by atoms with Crippen LogP contribution in [-0.2, 0) is 5.41 Å². The summed E-state index contributed by atoms with van der Waals surface area (Å²) in [7, 11) is 0. The number of nitrogens with zero attached hydrogens (tertiary/aromatic N) is 1. The topological polar surface area (TPSA) is 3.24 Å². The average Bonchev–Trinajstić information content (AvgIpc) is 3.28. The van der Waals surface area contributed by atoms with Crippen LogP contribution in [0.3, 0.4) is 0 Å². The summed E-state index contributed by atoms with van der Waals surface area (Å²) in [6.07, 6.45) is 0. The van der Waals surface area contributed by atoms with Crippen molar-refractivity contribution in [2.75, 3.05) is 4.90 Å². The van der Waals surface area contributed by atoms with E-state index in [-0.39, 0.29) is 5.41 Å². The van der Waals surface area contributed by atoms with E-state index in [4.69, 9.17) is 0 Å². The molecule has 1 aliphatic carbocycles. The monoisotopic (exact) mass is 537 g/mol. The minimum atomic E-state index is -0.0745. The quantitative estimate of drug-likeness (QED) is 0.202. The molecule has 7 aromatic carbocycles. The van der Waals surface area contributed by atoms with Crippen LogP contribution in [0, 0.1) is 0 Å². The third-order valence-corrected chi connectivity index (χ3v) is 9.05. The molecule has 0 saturated heterocycles. The Balaban J connectivity index is 1.42. The molecule has 0 fully saturated rings. The van der Waals surface area contributed by atoms with Gasteiger partial charge in [-0.1, -0.05) is 135 Å². The SMILES string of the molecule is CC1(C)c2ccccc2-c2ccc(N(c3ccccc3)c3ccc4c(ccc5ccccc54)c3-c3ccccc3)cc21. The van der Waals surface area contributed by atoms with Crippen LogP contribution >= 0.6 is 0 Å². The summed E-state index contributed by atoms with van der Waals surface area (Å²) in [5, 5.41) is 5.07. The highest BCUT2D eigenvalue weighted by molar-refractivity contribution is 6.15. The molecule has 0 bridgehead atoms. The lowest BCUT2D eigenvalue weighted by atomic mass is 9.82. The number of benzene rings is 7. The number of hydrogen-bond donors (Lipinski definition) is 0. The zero-order chi connectivity index (χ0) is 28.3. The third-order valence-electron chi connectivity index (χ3n) is 9.05. The molecule has 0 amide bonds. The van der Waals surface area contributed by atoms with E-state index in [0.717, 1.165) is 11.4 Å². The summed E-state index contributed by atoms with van der Waals surface area (Å²) in [4.78, 5) is 2.44. The normalized spacial score (nSPS) is 13.2. The Morgan fingerprint density at radius 2 is 1.12 bits per heavy atom. The first-order valence-corrected chi connectivity index (χ1v) is 14.7. The van der Waals surface area contributed by atoms with Gasteiger partial charge in [0.1, 0.15) is 0 Å². The maximum absolute atomic E-state index is 2.44. The lowest BCUT2D eigenvalue weighted by molar-refractivity contribution is 0.660. The molecule has 0 heterocycles. The van der Waals surface area contributed by atoms with Crippen LogP contribution in [-0.4, -0.2) is 0 Å². The Labute approximate surface area is 247 Å². The van der Waals surface area contributed by atoms with Gasteiger partial charge in [0.05, 0.1) is 5.69 Å². The van der Waals surface area contributed by atoms with Crippen LogP contribution in [0.2, 0.25) is 0 Å². The number of para-hydroxylation sites is 1. The van der Waals surface area contributed by atoms with Gasteiger partial charge in [-0.05, 0) is 79.7 Å². The molecule has 42 heavy (non-hydrogen) atoms. The number of hydrogen-bond acceptors (Lipinski definition) is 1. The molecular formula is C41H31N. The van der Waals surface area contributed by atoms with Crippen molar-refractivity contribution in [3.05, 3.63) is 163 Å². The molecule has 1 nitrogen and oxygen atoms in total. The predicted octanol–water partition coefficient (Wildman–Crippen LogP) is 11.4. The van der Waals surface area contributed by atoms with Crippen LogP contribution in [0.25, 0.3) is 43.8 Å². The van der Waals surface area contributed by atoms with E-state index in [0.29, 0.717) is 0 Å². The molecular weight excluding hydrogens is 506 g/mol. The summed E-state index contributed by atoms with van der Waals surface area (Å²) >= 11 is 0. The molecule has 0 spiro atoms. The van der Waals surface area contributed by atoms with Crippen LogP contribution in [0.5, 0.6) is 0 Å². The Hall–Kier alpha value is -5.14. The summed E-state index contributed by atoms with van der Waals surface area (Å²) < 4.78 is 0. The van der Waals surface area contributed by atoms with Gasteiger partial charge >= 0.3 is 0 Å². The average molecular weight is 538 g/mol. The Bertz CT molecular complexity index is 2110. The fourth-order valence-corrected chi connectivity index (χ4v) is 7.01. The van der Waals surface area contributed by atoms with Crippen LogP contribution in [0.4, 0.5) is 17.1 Å². The van der Waals surface area contributed by atoms with Gasteiger partial charge in [-0.3, -0.25) is 0 Å². The first-order chi connectivity index (χ1) is 20.6. The van der Waals surface area contributed by atoms with E-state index in [1.165, 1.54) is 60.6 Å². The Morgan fingerprint density at radius 3 is 1.95 bits per heavy atom. The van der Waals surface area contributed by atoms with Crippen molar-refractivity contribution in [2.45, 2.75) is 19.3 Å². The van der Waals surface area contributed by atoms with Crippen molar-refractivity contribution in [1.29, 1.82) is 0 Å². The highest BCUT2D eigenvalue weighted by Gasteiger charge is 2.35. The van der Waals surface area contributed by atoms with E-state index in [1.807, 2.05) is 0 Å². The summed E-state index contributed by atoms with van der Waals surface area (Å²) in [6.45, 7) is 4.70. The summed E-state index contributed by atoms with van der Waals surface area (Å²) in [6, 6.07) is 55.4. The van der Waals surface area contributed by atoms with Crippen molar-refractivity contribution in [3.8, 4) is 22.3 Å². The first kappa shape index (κ1) is 24.6. The molecule has 8 rings (SSSR count). The lowest BCUT2D eigenvalue weighted by Gasteiger charge is -2.30. The van der Waals surface area contributed by atoms with Crippen molar-refractivity contribution in [1.82, 2.24) is 0 Å². The molecule has 1 aliphatic rings. The van der Waals surface area contributed by atoms with Gasteiger partial charge in [-0.15, -0.1) is 0 Å². The minimum absolute atomic E-state index is 0.0745. The zero-order valence-electron chi connectivity index (χ0n) is 23.9. The number of anilines is 3. The molecule has 1 heteroatoms. The molecule has 7 aromatic rings. The van der Waals surface area contributed by atoms with E-state index in [2.05, 4.69) is 170 Å². The van der Waals surface area contributed by atoms with Crippen molar-refractivity contribution < 1.29 is 0 Å². The molecule has 0 unspecified atom stereocenters. The van der Waals surface area contributed by atoms with E-state index < -0.39 is 0 Å². The van der Waals surface area contributed by atoms with Crippen LogP contribution in [0.1, 0.15) is 25.0 Å². The van der Waals surface area contributed by atoms with E-state index in [1.54, 1.807) is 0 Å². The minimum Gasteiger partial charge on any atom is -0.310 e. The van der Waals surface area contributed by atoms with Gasteiger partial charge in [-0.25, -0.2) is 0 Å². The molecule has 0 radical (unpaired) electrons. The van der Waals surface area contributed by atoms with Crippen molar-refractivity contribution in [3.63, 3.8) is 0 Å². The van der Waals surface area contributed by atoms with Gasteiger partial charge in [-0.2, -0.15) is 0 Å². The fourth-order valence-electron chi connectivity index (χ4n) is 7.01. The second kappa shape index (κ2) is 9.46. The van der Waals surface area contributed by atoms with Crippen molar-refractivity contribution >= 4 is 38.6 Å².